The third kappa shape index (κ3) is 2.69. The van der Waals surface area contributed by atoms with Crippen LogP contribution in [0.15, 0.2) is 54.9 Å². The second-order valence-corrected chi connectivity index (χ2v) is 4.83. The fourth-order valence-electron chi connectivity index (χ4n) is 2.21. The molecule has 3 aromatic rings. The molecule has 0 fully saturated rings. The van der Waals surface area contributed by atoms with Gasteiger partial charge >= 0.3 is 0 Å². The first kappa shape index (κ1) is 12.4. The number of amides is 1. The van der Waals surface area contributed by atoms with E-state index in [2.05, 4.69) is 10.4 Å². The van der Waals surface area contributed by atoms with Crippen molar-refractivity contribution in [1.29, 1.82) is 0 Å². The summed E-state index contributed by atoms with van der Waals surface area (Å²) in [6.45, 7) is 2.02. The van der Waals surface area contributed by atoms with Gasteiger partial charge in [-0.1, -0.05) is 29.8 Å². The number of nitrogens with one attached hydrogen (secondary N) is 1. The molecule has 0 saturated carbocycles. The number of benzene rings is 1. The molecule has 0 aliphatic rings. The lowest BCUT2D eigenvalue weighted by Crippen LogP contribution is -2.14. The third-order valence-electron chi connectivity index (χ3n) is 3.13. The van der Waals surface area contributed by atoms with Crippen LogP contribution in [-0.4, -0.2) is 15.5 Å². The minimum absolute atomic E-state index is 0.0144. The topological polar surface area (TPSA) is 46.4 Å². The van der Waals surface area contributed by atoms with E-state index < -0.39 is 0 Å². The molecule has 1 aromatic carbocycles. The predicted molar refractivity (Wildman–Crippen MR) is 78.7 cm³/mol. The van der Waals surface area contributed by atoms with Crippen LogP contribution >= 0.6 is 0 Å². The van der Waals surface area contributed by atoms with E-state index in [1.54, 1.807) is 10.7 Å². The Morgan fingerprint density at radius 2 is 2.15 bits per heavy atom. The minimum Gasteiger partial charge on any atom is -0.326 e. The summed E-state index contributed by atoms with van der Waals surface area (Å²) in [6, 6.07) is 13.6. The number of anilines is 1. The maximum atomic E-state index is 12.0. The van der Waals surface area contributed by atoms with Gasteiger partial charge in [-0.2, -0.15) is 5.10 Å². The van der Waals surface area contributed by atoms with Crippen molar-refractivity contribution in [3.63, 3.8) is 0 Å². The molecule has 4 nitrogen and oxygen atoms in total. The molecule has 4 heteroatoms. The molecule has 0 saturated heterocycles. The fraction of sp³-hybridized carbons (Fsp3) is 0.125. The summed E-state index contributed by atoms with van der Waals surface area (Å²) in [4.78, 5) is 12.0. The Balaban J connectivity index is 1.72. The lowest BCUT2D eigenvalue weighted by atomic mass is 10.1. The van der Waals surface area contributed by atoms with Crippen LogP contribution in [0.4, 0.5) is 5.69 Å². The highest BCUT2D eigenvalue weighted by atomic mass is 16.1. The van der Waals surface area contributed by atoms with Crippen molar-refractivity contribution in [2.45, 2.75) is 13.3 Å². The number of aryl methyl sites for hydroxylation is 1. The van der Waals surface area contributed by atoms with Gasteiger partial charge < -0.3 is 5.32 Å². The smallest absolute Gasteiger partial charge is 0.228 e. The van der Waals surface area contributed by atoms with Crippen LogP contribution in [0.3, 0.4) is 0 Å². The largest absolute Gasteiger partial charge is 0.326 e. The highest BCUT2D eigenvalue weighted by Gasteiger charge is 2.05. The molecule has 1 amide bonds. The summed E-state index contributed by atoms with van der Waals surface area (Å²) >= 11 is 0. The van der Waals surface area contributed by atoms with Crippen LogP contribution in [0.1, 0.15) is 11.1 Å². The van der Waals surface area contributed by atoms with Crippen LogP contribution in [0.5, 0.6) is 0 Å². The number of nitrogens with zero attached hydrogens (tertiary/aromatic N) is 2. The molecule has 1 N–H and O–H groups in total. The number of hydrogen-bond donors (Lipinski definition) is 1. The van der Waals surface area contributed by atoms with Crippen molar-refractivity contribution in [3.05, 3.63) is 66.0 Å². The van der Waals surface area contributed by atoms with Gasteiger partial charge in [0, 0.05) is 18.1 Å². The summed E-state index contributed by atoms with van der Waals surface area (Å²) < 4.78 is 1.76. The van der Waals surface area contributed by atoms with Crippen molar-refractivity contribution in [3.8, 4) is 0 Å². The molecule has 0 aliphatic carbocycles. The summed E-state index contributed by atoms with van der Waals surface area (Å²) in [5.41, 5.74) is 3.93. The van der Waals surface area contributed by atoms with Crippen molar-refractivity contribution >= 4 is 17.1 Å². The molecule has 100 valence electrons. The number of pyridine rings is 1. The van der Waals surface area contributed by atoms with Crippen LogP contribution in [0.2, 0.25) is 0 Å². The summed E-state index contributed by atoms with van der Waals surface area (Å²) in [5.74, 6) is -0.0144. The predicted octanol–water partition coefficient (Wildman–Crippen LogP) is 2.82. The number of carbonyl (C=O) groups is 1. The first-order chi connectivity index (χ1) is 9.70. The van der Waals surface area contributed by atoms with Crippen molar-refractivity contribution in [1.82, 2.24) is 9.61 Å². The maximum Gasteiger partial charge on any atom is 0.228 e. The Bertz CT molecular complexity index is 761. The molecular formula is C16H15N3O. The summed E-state index contributed by atoms with van der Waals surface area (Å²) in [5, 5.41) is 7.03. The molecule has 2 aromatic heterocycles. The van der Waals surface area contributed by atoms with Crippen LogP contribution in [0, 0.1) is 6.92 Å². The van der Waals surface area contributed by atoms with E-state index in [1.165, 1.54) is 0 Å². The van der Waals surface area contributed by atoms with E-state index in [0.29, 0.717) is 6.42 Å². The number of fused-ring (bicyclic) bond motifs is 1. The molecule has 20 heavy (non-hydrogen) atoms. The average molecular weight is 265 g/mol. The minimum atomic E-state index is -0.0144. The number of aromatic nitrogens is 2. The van der Waals surface area contributed by atoms with Crippen molar-refractivity contribution < 1.29 is 4.79 Å². The van der Waals surface area contributed by atoms with Crippen LogP contribution in [-0.2, 0) is 11.2 Å². The first-order valence-electron chi connectivity index (χ1n) is 6.49. The van der Waals surface area contributed by atoms with Crippen LogP contribution in [0.25, 0.3) is 5.52 Å². The van der Waals surface area contributed by atoms with Gasteiger partial charge in [0.15, 0.2) is 0 Å². The van der Waals surface area contributed by atoms with E-state index in [0.717, 1.165) is 22.3 Å². The monoisotopic (exact) mass is 265 g/mol. The van der Waals surface area contributed by atoms with Gasteiger partial charge in [0.05, 0.1) is 11.9 Å². The van der Waals surface area contributed by atoms with E-state index in [9.17, 15) is 4.79 Å². The van der Waals surface area contributed by atoms with Crippen molar-refractivity contribution in [2.24, 2.45) is 0 Å². The number of rotatable bonds is 3. The normalized spacial score (nSPS) is 10.7. The molecule has 0 radical (unpaired) electrons. The number of carbonyl (C=O) groups excluding carboxylic acids is 1. The second-order valence-electron chi connectivity index (χ2n) is 4.83. The van der Waals surface area contributed by atoms with Gasteiger partial charge in [-0.3, -0.25) is 4.79 Å². The molecule has 2 heterocycles. The van der Waals surface area contributed by atoms with Gasteiger partial charge in [-0.15, -0.1) is 0 Å². The van der Waals surface area contributed by atoms with Gasteiger partial charge in [-0.25, -0.2) is 4.52 Å². The van der Waals surface area contributed by atoms with E-state index >= 15 is 0 Å². The zero-order valence-electron chi connectivity index (χ0n) is 11.2. The highest BCUT2D eigenvalue weighted by Crippen LogP contribution is 2.12. The maximum absolute atomic E-state index is 12.0. The van der Waals surface area contributed by atoms with Gasteiger partial charge in [0.25, 0.3) is 0 Å². The highest BCUT2D eigenvalue weighted by molar-refractivity contribution is 5.92. The quantitative estimate of drug-likeness (QED) is 0.791. The third-order valence-corrected chi connectivity index (χ3v) is 3.13. The Morgan fingerprint density at radius 1 is 1.25 bits per heavy atom. The molecule has 0 spiro atoms. The van der Waals surface area contributed by atoms with Crippen molar-refractivity contribution in [2.75, 3.05) is 5.32 Å². The average Bonchev–Trinajstić information content (AvgIpc) is 2.86. The Kier molecular flexibility index (Phi) is 3.21. The zero-order valence-corrected chi connectivity index (χ0v) is 11.2. The molecule has 0 unspecified atom stereocenters. The Labute approximate surface area is 117 Å². The molecule has 0 bridgehead atoms. The van der Waals surface area contributed by atoms with E-state index in [1.807, 2.05) is 55.6 Å². The second kappa shape index (κ2) is 5.17. The lowest BCUT2D eigenvalue weighted by molar-refractivity contribution is -0.115. The lowest BCUT2D eigenvalue weighted by Gasteiger charge is -2.06. The SMILES string of the molecule is Cc1cccc(CC(=O)Nc2ccn3nccc3c2)c1. The summed E-state index contributed by atoms with van der Waals surface area (Å²) in [6.07, 6.45) is 3.94. The van der Waals surface area contributed by atoms with Gasteiger partial charge in [-0.05, 0) is 30.7 Å². The molecular weight excluding hydrogens is 250 g/mol. The standard InChI is InChI=1S/C16H15N3O/c1-12-3-2-4-13(9-12)10-16(20)18-14-6-8-19-15(11-14)5-7-17-19/h2-9,11H,10H2,1H3,(H,18,20). The Hall–Kier alpha value is -2.62. The Morgan fingerprint density at radius 3 is 3.00 bits per heavy atom. The fourth-order valence-corrected chi connectivity index (χ4v) is 2.21. The van der Waals surface area contributed by atoms with E-state index in [-0.39, 0.29) is 5.91 Å². The van der Waals surface area contributed by atoms with E-state index in [4.69, 9.17) is 0 Å². The van der Waals surface area contributed by atoms with Crippen LogP contribution < -0.4 is 5.32 Å². The van der Waals surface area contributed by atoms with Gasteiger partial charge in [0.1, 0.15) is 0 Å². The summed E-state index contributed by atoms with van der Waals surface area (Å²) in [7, 11) is 0. The molecule has 0 atom stereocenters. The number of hydrogen-bond acceptors (Lipinski definition) is 2. The zero-order chi connectivity index (χ0) is 13.9. The molecule has 3 rings (SSSR count). The molecule has 0 aliphatic heterocycles. The van der Waals surface area contributed by atoms with Gasteiger partial charge in [0.2, 0.25) is 5.91 Å². The first-order valence-corrected chi connectivity index (χ1v) is 6.49.